The molecule has 3 rings (SSSR count). The van der Waals surface area contributed by atoms with Crippen LogP contribution < -0.4 is 5.73 Å². The standard InChI is InChI=1S/C15H11ClN2S/c16-10-5-6-11-13(9-10)18-8-7-14(11)19-15-4-2-1-3-12(15)17/h1-9H,17H2. The van der Waals surface area contributed by atoms with E-state index in [1.165, 1.54) is 0 Å². The molecule has 2 nitrogen and oxygen atoms in total. The fraction of sp³-hybridized carbons (Fsp3) is 0. The first kappa shape index (κ1) is 12.3. The number of anilines is 1. The summed E-state index contributed by atoms with van der Waals surface area (Å²) in [5, 5.41) is 1.78. The van der Waals surface area contributed by atoms with Crippen molar-refractivity contribution < 1.29 is 0 Å². The molecule has 94 valence electrons. The van der Waals surface area contributed by atoms with Gasteiger partial charge in [0.15, 0.2) is 0 Å². The number of nitrogens with two attached hydrogens (primary N) is 1. The Kier molecular flexibility index (Phi) is 3.32. The summed E-state index contributed by atoms with van der Waals surface area (Å²) in [5.74, 6) is 0. The van der Waals surface area contributed by atoms with Gasteiger partial charge in [0.25, 0.3) is 0 Å². The summed E-state index contributed by atoms with van der Waals surface area (Å²) in [5.41, 5.74) is 7.66. The summed E-state index contributed by atoms with van der Waals surface area (Å²) in [6.07, 6.45) is 1.79. The molecule has 4 heteroatoms. The number of nitrogen functional groups attached to an aromatic ring is 1. The largest absolute Gasteiger partial charge is 0.398 e. The van der Waals surface area contributed by atoms with Gasteiger partial charge in [0, 0.05) is 32.1 Å². The molecule has 0 saturated carbocycles. The van der Waals surface area contributed by atoms with E-state index in [0.29, 0.717) is 5.02 Å². The van der Waals surface area contributed by atoms with Gasteiger partial charge in [-0.15, -0.1) is 0 Å². The van der Waals surface area contributed by atoms with Crippen molar-refractivity contribution in [3.63, 3.8) is 0 Å². The number of benzene rings is 2. The number of rotatable bonds is 2. The SMILES string of the molecule is Nc1ccccc1Sc1ccnc2cc(Cl)ccc12. The average molecular weight is 287 g/mol. The van der Waals surface area contributed by atoms with Crippen LogP contribution in [0.2, 0.25) is 5.02 Å². The molecule has 3 aromatic rings. The Bertz CT molecular complexity index is 743. The summed E-state index contributed by atoms with van der Waals surface area (Å²) in [6, 6.07) is 15.6. The molecule has 0 bridgehead atoms. The maximum absolute atomic E-state index is 5.99. The van der Waals surface area contributed by atoms with Crippen LogP contribution in [0.15, 0.2) is 64.5 Å². The van der Waals surface area contributed by atoms with Crippen LogP contribution in [-0.2, 0) is 0 Å². The van der Waals surface area contributed by atoms with E-state index in [-0.39, 0.29) is 0 Å². The first-order valence-electron chi connectivity index (χ1n) is 5.81. The number of nitrogens with zero attached hydrogens (tertiary/aromatic N) is 1. The van der Waals surface area contributed by atoms with E-state index in [1.54, 1.807) is 18.0 Å². The predicted molar refractivity (Wildman–Crippen MR) is 81.7 cm³/mol. The van der Waals surface area contributed by atoms with Gasteiger partial charge < -0.3 is 5.73 Å². The van der Waals surface area contributed by atoms with Crippen molar-refractivity contribution in [2.75, 3.05) is 5.73 Å². The molecule has 1 heterocycles. The third kappa shape index (κ3) is 2.53. The van der Waals surface area contributed by atoms with Crippen molar-refractivity contribution in [1.29, 1.82) is 0 Å². The number of aromatic nitrogens is 1. The van der Waals surface area contributed by atoms with Gasteiger partial charge in [-0.25, -0.2) is 0 Å². The third-order valence-electron chi connectivity index (χ3n) is 2.80. The molecule has 0 fully saturated rings. The maximum Gasteiger partial charge on any atom is 0.0728 e. The summed E-state index contributed by atoms with van der Waals surface area (Å²) >= 11 is 7.63. The molecule has 0 aliphatic rings. The fourth-order valence-electron chi connectivity index (χ4n) is 1.88. The van der Waals surface area contributed by atoms with Crippen molar-refractivity contribution in [3.8, 4) is 0 Å². The second-order valence-corrected chi connectivity index (χ2v) is 5.63. The van der Waals surface area contributed by atoms with Gasteiger partial charge in [0.1, 0.15) is 0 Å². The molecule has 1 aromatic heterocycles. The average Bonchev–Trinajstić information content (AvgIpc) is 2.41. The number of hydrogen-bond acceptors (Lipinski definition) is 3. The van der Waals surface area contributed by atoms with Gasteiger partial charge in [-0.05, 0) is 30.3 Å². The fourth-order valence-corrected chi connectivity index (χ4v) is 3.02. The first-order valence-corrected chi connectivity index (χ1v) is 7.00. The van der Waals surface area contributed by atoms with Crippen LogP contribution in [-0.4, -0.2) is 4.98 Å². The van der Waals surface area contributed by atoms with Gasteiger partial charge in [-0.3, -0.25) is 4.98 Å². The zero-order valence-corrected chi connectivity index (χ0v) is 11.6. The van der Waals surface area contributed by atoms with E-state index in [2.05, 4.69) is 4.98 Å². The topological polar surface area (TPSA) is 38.9 Å². The van der Waals surface area contributed by atoms with E-state index in [9.17, 15) is 0 Å². The van der Waals surface area contributed by atoms with Crippen LogP contribution in [0.3, 0.4) is 0 Å². The molecule has 19 heavy (non-hydrogen) atoms. The lowest BCUT2D eigenvalue weighted by atomic mass is 10.2. The highest BCUT2D eigenvalue weighted by atomic mass is 35.5. The van der Waals surface area contributed by atoms with Crippen molar-refractivity contribution in [2.45, 2.75) is 9.79 Å². The smallest absolute Gasteiger partial charge is 0.0728 e. The first-order chi connectivity index (χ1) is 9.24. The Labute approximate surface area is 120 Å². The summed E-state index contributed by atoms with van der Waals surface area (Å²) < 4.78 is 0. The number of fused-ring (bicyclic) bond motifs is 1. The highest BCUT2D eigenvalue weighted by Crippen LogP contribution is 2.36. The number of pyridine rings is 1. The number of para-hydroxylation sites is 1. The molecule has 0 radical (unpaired) electrons. The lowest BCUT2D eigenvalue weighted by Gasteiger charge is -2.08. The molecule has 2 N–H and O–H groups in total. The highest BCUT2D eigenvalue weighted by molar-refractivity contribution is 7.99. The third-order valence-corrected chi connectivity index (χ3v) is 4.21. The monoisotopic (exact) mass is 286 g/mol. The van der Waals surface area contributed by atoms with Crippen molar-refractivity contribution in [3.05, 3.63) is 59.8 Å². The summed E-state index contributed by atoms with van der Waals surface area (Å²) in [7, 11) is 0. The molecule has 0 unspecified atom stereocenters. The quantitative estimate of drug-likeness (QED) is 0.699. The highest BCUT2D eigenvalue weighted by Gasteiger charge is 2.06. The number of hydrogen-bond donors (Lipinski definition) is 1. The second kappa shape index (κ2) is 5.11. The lowest BCUT2D eigenvalue weighted by Crippen LogP contribution is -1.88. The minimum atomic E-state index is 0.696. The van der Waals surface area contributed by atoms with Crippen molar-refractivity contribution >= 4 is 40.0 Å². The van der Waals surface area contributed by atoms with Crippen LogP contribution in [0.5, 0.6) is 0 Å². The van der Waals surface area contributed by atoms with E-state index < -0.39 is 0 Å². The van der Waals surface area contributed by atoms with Crippen LogP contribution in [0, 0.1) is 0 Å². The molecule has 0 saturated heterocycles. The van der Waals surface area contributed by atoms with Crippen LogP contribution in [0.1, 0.15) is 0 Å². The van der Waals surface area contributed by atoms with Gasteiger partial charge in [0.2, 0.25) is 0 Å². The van der Waals surface area contributed by atoms with E-state index >= 15 is 0 Å². The van der Waals surface area contributed by atoms with Crippen LogP contribution in [0.25, 0.3) is 10.9 Å². The van der Waals surface area contributed by atoms with Crippen molar-refractivity contribution in [1.82, 2.24) is 4.98 Å². The van der Waals surface area contributed by atoms with Crippen molar-refractivity contribution in [2.24, 2.45) is 0 Å². The molecular weight excluding hydrogens is 276 g/mol. The molecule has 0 atom stereocenters. The lowest BCUT2D eigenvalue weighted by molar-refractivity contribution is 1.34. The Hall–Kier alpha value is -1.71. The Morgan fingerprint density at radius 1 is 1.00 bits per heavy atom. The molecule has 0 spiro atoms. The molecule has 0 aliphatic heterocycles. The second-order valence-electron chi connectivity index (χ2n) is 4.11. The minimum Gasteiger partial charge on any atom is -0.398 e. The summed E-state index contributed by atoms with van der Waals surface area (Å²) in [6.45, 7) is 0. The normalized spacial score (nSPS) is 10.8. The molecular formula is C15H11ClN2S. The van der Waals surface area contributed by atoms with E-state index in [0.717, 1.165) is 26.4 Å². The zero-order chi connectivity index (χ0) is 13.2. The van der Waals surface area contributed by atoms with Gasteiger partial charge >= 0.3 is 0 Å². The molecule has 0 amide bonds. The zero-order valence-electron chi connectivity index (χ0n) is 10.0. The number of halogens is 1. The molecule has 0 aliphatic carbocycles. The molecule has 2 aromatic carbocycles. The van der Waals surface area contributed by atoms with E-state index in [4.69, 9.17) is 17.3 Å². The van der Waals surface area contributed by atoms with Gasteiger partial charge in [-0.1, -0.05) is 41.6 Å². The van der Waals surface area contributed by atoms with Gasteiger partial charge in [-0.2, -0.15) is 0 Å². The Balaban J connectivity index is 2.09. The van der Waals surface area contributed by atoms with Crippen LogP contribution >= 0.6 is 23.4 Å². The Morgan fingerprint density at radius 3 is 2.68 bits per heavy atom. The summed E-state index contributed by atoms with van der Waals surface area (Å²) in [4.78, 5) is 6.51. The predicted octanol–water partition coefficient (Wildman–Crippen LogP) is 4.62. The van der Waals surface area contributed by atoms with E-state index in [1.807, 2.05) is 48.5 Å². The van der Waals surface area contributed by atoms with Gasteiger partial charge in [0.05, 0.1) is 5.52 Å². The van der Waals surface area contributed by atoms with Crippen LogP contribution in [0.4, 0.5) is 5.69 Å². The minimum absolute atomic E-state index is 0.696. The Morgan fingerprint density at radius 2 is 1.84 bits per heavy atom. The maximum atomic E-state index is 5.99.